The van der Waals surface area contributed by atoms with Gasteiger partial charge in [0.15, 0.2) is 0 Å². The van der Waals surface area contributed by atoms with Gasteiger partial charge < -0.3 is 25.6 Å². The maximum Gasteiger partial charge on any atom is 0.253 e. The molecule has 1 saturated carbocycles. The minimum absolute atomic E-state index is 0.0611. The van der Waals surface area contributed by atoms with Crippen molar-refractivity contribution in [2.24, 2.45) is 5.92 Å². The summed E-state index contributed by atoms with van der Waals surface area (Å²) in [5, 5.41) is 19.7. The first kappa shape index (κ1) is 20.9. The van der Waals surface area contributed by atoms with Gasteiger partial charge in [-0.1, -0.05) is 0 Å². The quantitative estimate of drug-likeness (QED) is 0.627. The molecule has 2 aromatic rings. The average molecular weight is 475 g/mol. The molecule has 1 aliphatic carbocycles. The molecule has 3 fully saturated rings. The normalized spacial score (nSPS) is 29.6. The molecule has 5 heterocycles. The molecule has 0 spiro atoms. The number of rotatable bonds is 3. The molecule has 2 unspecified atom stereocenters. The number of halogens is 1. The molecule has 3 N–H and O–H groups in total. The molecule has 1 aromatic carbocycles. The highest BCUT2D eigenvalue weighted by Crippen LogP contribution is 2.52. The number of nitrogens with zero attached hydrogens (tertiary/aromatic N) is 3. The third kappa shape index (κ3) is 3.50. The van der Waals surface area contributed by atoms with Crippen molar-refractivity contribution in [3.05, 3.63) is 46.4 Å². The summed E-state index contributed by atoms with van der Waals surface area (Å²) in [6.45, 7) is 2.71. The summed E-state index contributed by atoms with van der Waals surface area (Å²) in [4.78, 5) is 19.5. The number of benzene rings is 1. The first-order chi connectivity index (χ1) is 17.1. The van der Waals surface area contributed by atoms with Gasteiger partial charge in [-0.2, -0.15) is 5.26 Å². The van der Waals surface area contributed by atoms with Crippen LogP contribution in [-0.4, -0.2) is 55.3 Å². The number of hydrogen-bond donors (Lipinski definition) is 3. The molecule has 1 aromatic heterocycles. The van der Waals surface area contributed by atoms with E-state index in [2.05, 4.69) is 31.9 Å². The van der Waals surface area contributed by atoms with Crippen molar-refractivity contribution in [2.75, 3.05) is 36.5 Å². The molecule has 180 valence electrons. The van der Waals surface area contributed by atoms with Crippen LogP contribution in [0.25, 0.3) is 0 Å². The monoisotopic (exact) mass is 474 g/mol. The summed E-state index contributed by atoms with van der Waals surface area (Å²) in [7, 11) is 0. The van der Waals surface area contributed by atoms with E-state index in [1.807, 2.05) is 12.1 Å². The van der Waals surface area contributed by atoms with Crippen LogP contribution in [-0.2, 0) is 6.42 Å². The van der Waals surface area contributed by atoms with Crippen molar-refractivity contribution in [1.82, 2.24) is 15.6 Å². The van der Waals surface area contributed by atoms with Crippen LogP contribution < -0.4 is 25.6 Å². The fraction of sp³-hybridized carbons (Fsp3) is 0.500. The molecular weight excluding hydrogens is 447 g/mol. The van der Waals surface area contributed by atoms with E-state index in [-0.39, 0.29) is 30.5 Å². The molecule has 5 aliphatic rings. The highest BCUT2D eigenvalue weighted by Gasteiger charge is 2.43. The van der Waals surface area contributed by atoms with Gasteiger partial charge in [-0.15, -0.1) is 0 Å². The number of nitriles is 1. The van der Waals surface area contributed by atoms with E-state index in [0.717, 1.165) is 50.3 Å². The highest BCUT2D eigenvalue weighted by atomic mass is 19.1. The SMILES string of the molecule is N#Cc1c(N2CC3CCC(C2)N3)cc2c(c1F)C[C@@H](NC(=O)c1cnc3c(c1)[C@H]1C[C@H]1CN3)CO2. The van der Waals surface area contributed by atoms with E-state index in [0.29, 0.717) is 46.5 Å². The minimum atomic E-state index is -0.536. The van der Waals surface area contributed by atoms with E-state index in [9.17, 15) is 10.1 Å². The number of hydrogen-bond acceptors (Lipinski definition) is 7. The zero-order valence-electron chi connectivity index (χ0n) is 19.3. The zero-order chi connectivity index (χ0) is 23.7. The molecule has 5 atom stereocenters. The summed E-state index contributed by atoms with van der Waals surface area (Å²) >= 11 is 0. The van der Waals surface area contributed by atoms with Crippen molar-refractivity contribution < 1.29 is 13.9 Å². The number of anilines is 2. The number of fused-ring (bicyclic) bond motifs is 6. The van der Waals surface area contributed by atoms with Gasteiger partial charge in [0.05, 0.1) is 17.3 Å². The average Bonchev–Trinajstić information content (AvgIpc) is 3.61. The molecule has 1 amide bonds. The number of pyridine rings is 1. The van der Waals surface area contributed by atoms with Crippen molar-refractivity contribution in [3.8, 4) is 11.8 Å². The Kier molecular flexibility index (Phi) is 4.68. The lowest BCUT2D eigenvalue weighted by atomic mass is 9.97. The van der Waals surface area contributed by atoms with E-state index < -0.39 is 5.82 Å². The van der Waals surface area contributed by atoms with E-state index >= 15 is 4.39 Å². The summed E-state index contributed by atoms with van der Waals surface area (Å²) in [6, 6.07) is 6.18. The van der Waals surface area contributed by atoms with E-state index in [1.54, 1.807) is 6.20 Å². The second-order valence-electron chi connectivity index (χ2n) is 10.5. The smallest absolute Gasteiger partial charge is 0.253 e. The molecule has 4 aliphatic heterocycles. The Hall–Kier alpha value is -3.38. The predicted octanol–water partition coefficient (Wildman–Crippen LogP) is 2.30. The number of ether oxygens (including phenoxy) is 1. The second-order valence-corrected chi connectivity index (χ2v) is 10.5. The maximum atomic E-state index is 15.6. The van der Waals surface area contributed by atoms with Gasteiger partial charge >= 0.3 is 0 Å². The number of amides is 1. The maximum absolute atomic E-state index is 15.6. The van der Waals surface area contributed by atoms with Crippen LogP contribution >= 0.6 is 0 Å². The topological polar surface area (TPSA) is 102 Å². The Morgan fingerprint density at radius 2 is 2.11 bits per heavy atom. The summed E-state index contributed by atoms with van der Waals surface area (Å²) in [6.07, 6.45) is 5.21. The summed E-state index contributed by atoms with van der Waals surface area (Å²) in [5.41, 5.74) is 2.64. The fourth-order valence-electron chi connectivity index (χ4n) is 6.30. The summed E-state index contributed by atoms with van der Waals surface area (Å²) < 4.78 is 21.5. The van der Waals surface area contributed by atoms with Gasteiger partial charge in [0.2, 0.25) is 0 Å². The number of carbonyl (C=O) groups is 1. The Bertz CT molecular complexity index is 1260. The number of aromatic nitrogens is 1. The summed E-state index contributed by atoms with van der Waals surface area (Å²) in [5.74, 6) is 1.70. The van der Waals surface area contributed by atoms with Crippen LogP contribution in [0.2, 0.25) is 0 Å². The lowest BCUT2D eigenvalue weighted by molar-refractivity contribution is 0.0914. The Balaban J connectivity index is 1.10. The molecule has 2 saturated heterocycles. The Labute approximate surface area is 202 Å². The molecule has 9 heteroatoms. The minimum Gasteiger partial charge on any atom is -0.491 e. The second kappa shape index (κ2) is 7.82. The molecule has 2 bridgehead atoms. The number of nitrogens with one attached hydrogen (secondary N) is 3. The van der Waals surface area contributed by atoms with Gasteiger partial charge in [-0.05, 0) is 42.7 Å². The molecule has 8 nitrogen and oxygen atoms in total. The van der Waals surface area contributed by atoms with Crippen molar-refractivity contribution >= 4 is 17.4 Å². The molecular formula is C26H27FN6O2. The Morgan fingerprint density at radius 1 is 1.29 bits per heavy atom. The molecule has 35 heavy (non-hydrogen) atoms. The van der Waals surface area contributed by atoms with Crippen LogP contribution in [0.3, 0.4) is 0 Å². The van der Waals surface area contributed by atoms with Crippen LogP contribution in [0.1, 0.15) is 52.2 Å². The Morgan fingerprint density at radius 3 is 2.91 bits per heavy atom. The highest BCUT2D eigenvalue weighted by molar-refractivity contribution is 5.94. The van der Waals surface area contributed by atoms with Gasteiger partial charge in [0, 0.05) is 56.0 Å². The first-order valence-electron chi connectivity index (χ1n) is 12.5. The third-order valence-electron chi connectivity index (χ3n) is 8.23. The van der Waals surface area contributed by atoms with Crippen LogP contribution in [0.15, 0.2) is 18.3 Å². The lowest BCUT2D eigenvalue weighted by Crippen LogP contribution is -2.51. The zero-order valence-corrected chi connectivity index (χ0v) is 19.3. The van der Waals surface area contributed by atoms with Crippen LogP contribution in [0, 0.1) is 23.1 Å². The molecule has 0 radical (unpaired) electrons. The fourth-order valence-corrected chi connectivity index (χ4v) is 6.30. The number of carbonyl (C=O) groups excluding carboxylic acids is 1. The van der Waals surface area contributed by atoms with Crippen molar-refractivity contribution in [1.29, 1.82) is 5.26 Å². The largest absolute Gasteiger partial charge is 0.491 e. The van der Waals surface area contributed by atoms with Gasteiger partial charge in [0.25, 0.3) is 5.91 Å². The number of piperazine rings is 1. The van der Waals surface area contributed by atoms with Gasteiger partial charge in [-0.25, -0.2) is 9.37 Å². The van der Waals surface area contributed by atoms with Crippen LogP contribution in [0.4, 0.5) is 15.9 Å². The standard InChI is InChI=1S/C26H27FN6O2/c27-24-20-5-17(32-26(34)14-4-19-18-3-13(18)8-29-25(19)30-9-14)12-35-23(20)6-22(21(24)7-28)33-10-15-1-2-16(11-33)31-15/h4,6,9,13,15-18,31H,1-3,5,8,10-12H2,(H,29,30)(H,32,34)/t13-,15?,16?,17+,18-/m0/s1. The van der Waals surface area contributed by atoms with Crippen molar-refractivity contribution in [2.45, 2.75) is 49.7 Å². The van der Waals surface area contributed by atoms with Gasteiger partial charge in [0.1, 0.15) is 35.6 Å². The van der Waals surface area contributed by atoms with E-state index in [4.69, 9.17) is 4.74 Å². The predicted molar refractivity (Wildman–Crippen MR) is 127 cm³/mol. The lowest BCUT2D eigenvalue weighted by Gasteiger charge is -2.36. The van der Waals surface area contributed by atoms with E-state index in [1.165, 1.54) is 0 Å². The van der Waals surface area contributed by atoms with Crippen molar-refractivity contribution in [3.63, 3.8) is 0 Å². The van der Waals surface area contributed by atoms with Gasteiger partial charge in [-0.3, -0.25) is 4.79 Å². The van der Waals surface area contributed by atoms with Crippen LogP contribution in [0.5, 0.6) is 5.75 Å². The first-order valence-corrected chi connectivity index (χ1v) is 12.5. The molecule has 7 rings (SSSR count). The third-order valence-corrected chi connectivity index (χ3v) is 8.23.